The number of hydrogen-bond acceptors (Lipinski definition) is 5. The standard InChI is InChI=1S/C27H37N3O5S/c1-5-25(27(32)28-22-13-8-9-14-22)29(18-21-12-7-6-11-20(21)2)26(31)19-30(36(4,33)34)23-15-10-16-24(17-23)35-3/h6-7,10-12,15-17,22,25H,5,8-9,13-14,18-19H2,1-4H3,(H,28,32)/t25-/m0/s1. The van der Waals surface area contributed by atoms with Gasteiger partial charge in [0.15, 0.2) is 0 Å². The molecule has 1 fully saturated rings. The minimum Gasteiger partial charge on any atom is -0.497 e. The first-order valence-electron chi connectivity index (χ1n) is 12.4. The van der Waals surface area contributed by atoms with Crippen LogP contribution in [-0.4, -0.2) is 57.1 Å². The first-order valence-corrected chi connectivity index (χ1v) is 14.2. The van der Waals surface area contributed by atoms with Gasteiger partial charge in [-0.25, -0.2) is 8.42 Å². The van der Waals surface area contributed by atoms with Gasteiger partial charge in [-0.05, 0) is 49.4 Å². The van der Waals surface area contributed by atoms with Gasteiger partial charge in [0.2, 0.25) is 21.8 Å². The zero-order chi connectivity index (χ0) is 26.3. The fraction of sp³-hybridized carbons (Fsp3) is 0.481. The number of carbonyl (C=O) groups is 2. The number of benzene rings is 2. The Balaban J connectivity index is 1.94. The van der Waals surface area contributed by atoms with Crippen LogP contribution < -0.4 is 14.4 Å². The molecule has 1 atom stereocenters. The van der Waals surface area contributed by atoms with Crippen molar-refractivity contribution in [2.24, 2.45) is 0 Å². The quantitative estimate of drug-likeness (QED) is 0.493. The molecule has 36 heavy (non-hydrogen) atoms. The Labute approximate surface area is 214 Å². The first-order chi connectivity index (χ1) is 17.1. The number of carbonyl (C=O) groups excluding carboxylic acids is 2. The van der Waals surface area contributed by atoms with E-state index in [2.05, 4.69) is 5.32 Å². The molecule has 0 bridgehead atoms. The normalized spacial score (nSPS) is 14.8. The fourth-order valence-corrected chi connectivity index (χ4v) is 5.48. The lowest BCUT2D eigenvalue weighted by Gasteiger charge is -2.33. The number of nitrogens with one attached hydrogen (secondary N) is 1. The number of anilines is 1. The lowest BCUT2D eigenvalue weighted by atomic mass is 10.1. The second kappa shape index (κ2) is 12.3. The van der Waals surface area contributed by atoms with Crippen LogP contribution in [0.4, 0.5) is 5.69 Å². The van der Waals surface area contributed by atoms with Gasteiger partial charge in [0.25, 0.3) is 0 Å². The van der Waals surface area contributed by atoms with Gasteiger partial charge in [-0.3, -0.25) is 13.9 Å². The summed E-state index contributed by atoms with van der Waals surface area (Å²) in [6.07, 6.45) is 5.51. The molecule has 0 aromatic heterocycles. The van der Waals surface area contributed by atoms with E-state index in [1.165, 1.54) is 12.0 Å². The van der Waals surface area contributed by atoms with Crippen LogP contribution in [-0.2, 0) is 26.2 Å². The number of ether oxygens (including phenoxy) is 1. The Kier molecular flexibility index (Phi) is 9.37. The van der Waals surface area contributed by atoms with Crippen LogP contribution in [0.2, 0.25) is 0 Å². The number of sulfonamides is 1. The van der Waals surface area contributed by atoms with Gasteiger partial charge in [-0.1, -0.05) is 50.1 Å². The average molecular weight is 516 g/mol. The van der Waals surface area contributed by atoms with Gasteiger partial charge in [0.05, 0.1) is 19.1 Å². The Morgan fingerprint density at radius 3 is 2.42 bits per heavy atom. The molecule has 0 spiro atoms. The van der Waals surface area contributed by atoms with E-state index >= 15 is 0 Å². The Morgan fingerprint density at radius 1 is 1.11 bits per heavy atom. The van der Waals surface area contributed by atoms with Crippen molar-refractivity contribution in [3.8, 4) is 5.75 Å². The van der Waals surface area contributed by atoms with Crippen molar-refractivity contribution in [2.75, 3.05) is 24.2 Å². The van der Waals surface area contributed by atoms with E-state index in [0.717, 1.165) is 47.4 Å². The van der Waals surface area contributed by atoms with Gasteiger partial charge < -0.3 is 15.0 Å². The molecule has 1 aliphatic carbocycles. The highest BCUT2D eigenvalue weighted by atomic mass is 32.2. The van der Waals surface area contributed by atoms with Crippen molar-refractivity contribution in [2.45, 2.75) is 64.6 Å². The molecule has 8 nitrogen and oxygen atoms in total. The summed E-state index contributed by atoms with van der Waals surface area (Å²) < 4.78 is 31.8. The van der Waals surface area contributed by atoms with Gasteiger partial charge in [-0.15, -0.1) is 0 Å². The minimum atomic E-state index is -3.79. The summed E-state index contributed by atoms with van der Waals surface area (Å²) in [4.78, 5) is 28.6. The van der Waals surface area contributed by atoms with Crippen LogP contribution in [0.1, 0.15) is 50.2 Å². The smallest absolute Gasteiger partial charge is 0.244 e. The van der Waals surface area contributed by atoms with Gasteiger partial charge >= 0.3 is 0 Å². The van der Waals surface area contributed by atoms with E-state index in [1.807, 2.05) is 38.1 Å². The number of hydrogen-bond donors (Lipinski definition) is 1. The SMILES string of the molecule is CC[C@@H](C(=O)NC1CCCC1)N(Cc1ccccc1C)C(=O)CN(c1cccc(OC)c1)S(C)(=O)=O. The summed E-state index contributed by atoms with van der Waals surface area (Å²) in [5, 5.41) is 3.11. The Hall–Kier alpha value is -3.07. The highest BCUT2D eigenvalue weighted by molar-refractivity contribution is 7.92. The summed E-state index contributed by atoms with van der Waals surface area (Å²) in [7, 11) is -2.30. The van der Waals surface area contributed by atoms with Crippen LogP contribution in [0, 0.1) is 6.92 Å². The number of nitrogens with zero attached hydrogens (tertiary/aromatic N) is 2. The van der Waals surface area contributed by atoms with Crippen LogP contribution in [0.15, 0.2) is 48.5 Å². The largest absolute Gasteiger partial charge is 0.497 e. The molecule has 0 saturated heterocycles. The van der Waals surface area contributed by atoms with E-state index in [9.17, 15) is 18.0 Å². The molecule has 0 radical (unpaired) electrons. The van der Waals surface area contributed by atoms with Crippen molar-refractivity contribution in [1.82, 2.24) is 10.2 Å². The predicted molar refractivity (Wildman–Crippen MR) is 141 cm³/mol. The monoisotopic (exact) mass is 515 g/mol. The molecule has 196 valence electrons. The van der Waals surface area contributed by atoms with E-state index in [1.54, 1.807) is 24.3 Å². The van der Waals surface area contributed by atoms with Crippen molar-refractivity contribution < 1.29 is 22.7 Å². The molecular formula is C27H37N3O5S. The predicted octanol–water partition coefficient (Wildman–Crippen LogP) is 3.64. The van der Waals surface area contributed by atoms with Crippen molar-refractivity contribution in [3.05, 3.63) is 59.7 Å². The summed E-state index contributed by atoms with van der Waals surface area (Å²) in [6.45, 7) is 3.60. The molecule has 1 aliphatic rings. The second-order valence-corrected chi connectivity index (χ2v) is 11.2. The highest BCUT2D eigenvalue weighted by Crippen LogP contribution is 2.25. The molecule has 0 unspecified atom stereocenters. The maximum atomic E-state index is 13.8. The van der Waals surface area contributed by atoms with E-state index in [-0.39, 0.29) is 18.5 Å². The van der Waals surface area contributed by atoms with Gasteiger partial charge in [0.1, 0.15) is 18.3 Å². The summed E-state index contributed by atoms with van der Waals surface area (Å²) in [5.41, 5.74) is 2.23. The molecule has 9 heteroatoms. The second-order valence-electron chi connectivity index (χ2n) is 9.33. The number of rotatable bonds is 11. The molecule has 1 N–H and O–H groups in total. The maximum absolute atomic E-state index is 13.8. The number of methoxy groups -OCH3 is 1. The van der Waals surface area contributed by atoms with E-state index in [0.29, 0.717) is 17.9 Å². The van der Waals surface area contributed by atoms with Crippen molar-refractivity contribution in [1.29, 1.82) is 0 Å². The molecule has 3 rings (SSSR count). The fourth-order valence-electron chi connectivity index (χ4n) is 4.64. The summed E-state index contributed by atoms with van der Waals surface area (Å²) in [5.74, 6) is -0.161. The van der Waals surface area contributed by atoms with Crippen LogP contribution in [0.25, 0.3) is 0 Å². The maximum Gasteiger partial charge on any atom is 0.244 e. The van der Waals surface area contributed by atoms with E-state index < -0.39 is 28.5 Å². The lowest BCUT2D eigenvalue weighted by molar-refractivity contribution is -0.140. The lowest BCUT2D eigenvalue weighted by Crippen LogP contribution is -2.53. The number of amides is 2. The zero-order valence-corrected chi connectivity index (χ0v) is 22.4. The average Bonchev–Trinajstić information content (AvgIpc) is 3.35. The molecule has 0 aliphatic heterocycles. The topological polar surface area (TPSA) is 96.0 Å². The third-order valence-corrected chi connectivity index (χ3v) is 7.85. The molecule has 0 heterocycles. The molecule has 1 saturated carbocycles. The Bertz CT molecular complexity index is 1160. The van der Waals surface area contributed by atoms with Crippen molar-refractivity contribution >= 4 is 27.5 Å². The summed E-state index contributed by atoms with van der Waals surface area (Å²) >= 11 is 0. The van der Waals surface area contributed by atoms with Gasteiger partial charge in [-0.2, -0.15) is 0 Å². The zero-order valence-electron chi connectivity index (χ0n) is 21.6. The van der Waals surface area contributed by atoms with Gasteiger partial charge in [0, 0.05) is 18.7 Å². The van der Waals surface area contributed by atoms with Crippen LogP contribution >= 0.6 is 0 Å². The van der Waals surface area contributed by atoms with Crippen LogP contribution in [0.3, 0.4) is 0 Å². The molecular weight excluding hydrogens is 478 g/mol. The highest BCUT2D eigenvalue weighted by Gasteiger charge is 2.33. The third-order valence-electron chi connectivity index (χ3n) is 6.71. The third kappa shape index (κ3) is 7.00. The molecule has 2 aromatic rings. The first kappa shape index (κ1) is 27.5. The minimum absolute atomic E-state index is 0.117. The van der Waals surface area contributed by atoms with Crippen molar-refractivity contribution in [3.63, 3.8) is 0 Å². The van der Waals surface area contributed by atoms with E-state index in [4.69, 9.17) is 4.74 Å². The summed E-state index contributed by atoms with van der Waals surface area (Å²) in [6, 6.07) is 13.7. The van der Waals surface area contributed by atoms with Crippen LogP contribution in [0.5, 0.6) is 5.75 Å². The number of aryl methyl sites for hydroxylation is 1. The molecule has 2 amide bonds. The Morgan fingerprint density at radius 2 is 1.81 bits per heavy atom. The molecule has 2 aromatic carbocycles.